The molecule has 2 aliphatic heterocycles. The molecule has 7 rings (SSSR count). The summed E-state index contributed by atoms with van der Waals surface area (Å²) in [6.07, 6.45) is 2.94. The van der Waals surface area contributed by atoms with Crippen LogP contribution in [0, 0.1) is 11.8 Å². The molecule has 0 radical (unpaired) electrons. The summed E-state index contributed by atoms with van der Waals surface area (Å²) in [4.78, 5) is 87.7. The lowest BCUT2D eigenvalue weighted by Gasteiger charge is -2.29. The Morgan fingerprint density at radius 2 is 1.05 bits per heavy atom. The maximum atomic E-state index is 14.0. The third-order valence-electron chi connectivity index (χ3n) is 11.6. The van der Waals surface area contributed by atoms with Crippen molar-refractivity contribution in [2.75, 3.05) is 23.7 Å². The van der Waals surface area contributed by atoms with E-state index in [4.69, 9.17) is 0 Å². The molecule has 5 aromatic rings. The minimum atomic E-state index is -0.895. The van der Waals surface area contributed by atoms with E-state index < -0.39 is 24.2 Å². The highest BCUT2D eigenvalue weighted by atomic mass is 16.2. The largest absolute Gasteiger partial charge is 0.355 e. The monoisotopic (exact) mass is 851 g/mol. The van der Waals surface area contributed by atoms with E-state index in [9.17, 15) is 28.8 Å². The molecule has 5 N–H and O–H groups in total. The van der Waals surface area contributed by atoms with Crippen LogP contribution in [0.1, 0.15) is 89.4 Å². The number of carbonyl (C=O) groups excluding carboxylic acids is 6. The van der Waals surface area contributed by atoms with Crippen molar-refractivity contribution in [3.63, 3.8) is 0 Å². The van der Waals surface area contributed by atoms with Gasteiger partial charge in [0.1, 0.15) is 24.2 Å². The number of amides is 6. The molecule has 3 heterocycles. The summed E-state index contributed by atoms with van der Waals surface area (Å²) in [5.41, 5.74) is 5.09. The van der Waals surface area contributed by atoms with Crippen LogP contribution < -0.4 is 21.3 Å². The Morgan fingerprint density at radius 1 is 0.587 bits per heavy atom. The summed E-state index contributed by atoms with van der Waals surface area (Å²) in [5, 5.41) is 12.7. The molecular formula is C50H57N7O6. The van der Waals surface area contributed by atoms with E-state index in [1.807, 2.05) is 137 Å². The average Bonchev–Trinajstić information content (AvgIpc) is 4.05. The van der Waals surface area contributed by atoms with Crippen LogP contribution in [-0.4, -0.2) is 75.4 Å². The number of rotatable bonds is 15. The summed E-state index contributed by atoms with van der Waals surface area (Å²) in [7, 11) is 0. The molecule has 328 valence electrons. The summed E-state index contributed by atoms with van der Waals surface area (Å²) >= 11 is 0. The second-order valence-electron chi connectivity index (χ2n) is 17.4. The fraction of sp³-hybridized carbons (Fsp3) is 0.360. The molecule has 13 heteroatoms. The van der Waals surface area contributed by atoms with Crippen LogP contribution in [0.4, 0.5) is 11.4 Å². The number of hydrogen-bond donors (Lipinski definition) is 5. The van der Waals surface area contributed by atoms with Gasteiger partial charge in [0.25, 0.3) is 0 Å². The Balaban J connectivity index is 0.987. The second kappa shape index (κ2) is 20.0. The van der Waals surface area contributed by atoms with Crippen molar-refractivity contribution in [3.05, 3.63) is 120 Å². The van der Waals surface area contributed by atoms with Crippen LogP contribution in [0.3, 0.4) is 0 Å². The molecular weight excluding hydrogens is 795 g/mol. The Hall–Kier alpha value is -6.76. The molecule has 63 heavy (non-hydrogen) atoms. The van der Waals surface area contributed by atoms with E-state index >= 15 is 0 Å². The van der Waals surface area contributed by atoms with E-state index in [0.717, 1.165) is 22.2 Å². The van der Waals surface area contributed by atoms with Crippen molar-refractivity contribution in [3.8, 4) is 11.3 Å². The topological polar surface area (TPSA) is 173 Å². The van der Waals surface area contributed by atoms with Crippen molar-refractivity contribution < 1.29 is 28.8 Å². The highest BCUT2D eigenvalue weighted by molar-refractivity contribution is 6.01. The summed E-state index contributed by atoms with van der Waals surface area (Å²) < 4.78 is 0. The lowest BCUT2D eigenvalue weighted by atomic mass is 10.0. The Kier molecular flexibility index (Phi) is 14.0. The Labute approximate surface area is 368 Å². The van der Waals surface area contributed by atoms with Crippen molar-refractivity contribution in [2.45, 2.75) is 90.4 Å². The molecule has 2 fully saturated rings. The number of nitrogens with one attached hydrogen (secondary N) is 5. The smallest absolute Gasteiger partial charge is 0.250 e. The first-order valence-corrected chi connectivity index (χ1v) is 22.0. The molecule has 2 aliphatic rings. The predicted octanol–water partition coefficient (Wildman–Crippen LogP) is 7.50. The molecule has 2 saturated heterocycles. The minimum absolute atomic E-state index is 0.127. The fourth-order valence-electron chi connectivity index (χ4n) is 8.54. The number of benzene rings is 4. The molecule has 4 aromatic carbocycles. The van der Waals surface area contributed by atoms with Gasteiger partial charge in [-0.3, -0.25) is 28.8 Å². The highest BCUT2D eigenvalue weighted by Crippen LogP contribution is 2.30. The van der Waals surface area contributed by atoms with Gasteiger partial charge in [-0.1, -0.05) is 100 Å². The SMILES string of the molecule is CC(C)CC(=O)N[C@H](C(=O)N1CCC[C@H]1C(=O)Nc1ccc2[nH]c(-c3ccc(NC(=O)[C@@H]4CCCN4C(=O)[C@H](NC(=O)CC(C)C)c4ccccc4)cc3)cc2c1)c1ccccc1. The minimum Gasteiger partial charge on any atom is -0.355 e. The number of H-pyrrole nitrogens is 1. The maximum Gasteiger partial charge on any atom is 0.250 e. The number of nitrogens with zero attached hydrogens (tertiary/aromatic N) is 2. The molecule has 4 atom stereocenters. The number of likely N-dealkylation sites (tertiary alicyclic amines) is 2. The van der Waals surface area contributed by atoms with E-state index in [1.54, 1.807) is 9.80 Å². The Morgan fingerprint density at radius 3 is 1.52 bits per heavy atom. The molecule has 0 saturated carbocycles. The van der Waals surface area contributed by atoms with Gasteiger partial charge < -0.3 is 36.1 Å². The van der Waals surface area contributed by atoms with E-state index in [2.05, 4.69) is 26.3 Å². The molecule has 1 aromatic heterocycles. The first kappa shape index (κ1) is 44.3. The summed E-state index contributed by atoms with van der Waals surface area (Å²) in [6.45, 7) is 8.63. The zero-order valence-corrected chi connectivity index (χ0v) is 36.4. The van der Waals surface area contributed by atoms with Crippen LogP contribution in [0.15, 0.2) is 109 Å². The zero-order chi connectivity index (χ0) is 44.6. The number of aromatic nitrogens is 1. The second-order valence-corrected chi connectivity index (χ2v) is 17.4. The summed E-state index contributed by atoms with van der Waals surface area (Å²) in [5.74, 6) is -1.36. The standard InChI is InChI=1S/C50H57N7O6/c1-31(2)27-43(58)54-45(34-13-7-5-8-14-34)49(62)56-25-11-17-41(56)47(60)51-37-21-19-33(20-22-37)40-30-36-29-38(23-24-39(36)53-40)52-48(61)42-18-12-26-57(42)50(63)46(35-15-9-6-10-16-35)55-44(59)28-32(3)4/h5-10,13-16,19-24,29-32,41-42,45-46,53H,11-12,17-18,25-28H2,1-4H3,(H,51,60)(H,52,61)(H,54,58)(H,55,59)/t41-,42-,45+,46-/m0/s1. The van der Waals surface area contributed by atoms with Gasteiger partial charge in [-0.05, 0) is 90.6 Å². The van der Waals surface area contributed by atoms with Crippen LogP contribution in [0.25, 0.3) is 22.2 Å². The number of aromatic amines is 1. The van der Waals surface area contributed by atoms with Crippen molar-refractivity contribution in [1.82, 2.24) is 25.4 Å². The average molecular weight is 852 g/mol. The lowest BCUT2D eigenvalue weighted by Crippen LogP contribution is -2.48. The first-order valence-electron chi connectivity index (χ1n) is 22.0. The molecule has 0 unspecified atom stereocenters. The van der Waals surface area contributed by atoms with Gasteiger partial charge in [0, 0.05) is 53.9 Å². The highest BCUT2D eigenvalue weighted by Gasteiger charge is 2.40. The number of fused-ring (bicyclic) bond motifs is 1. The quantitative estimate of drug-likeness (QED) is 0.0730. The molecule has 0 bridgehead atoms. The molecule has 13 nitrogen and oxygen atoms in total. The molecule has 0 aliphatic carbocycles. The zero-order valence-electron chi connectivity index (χ0n) is 36.4. The van der Waals surface area contributed by atoms with Crippen LogP contribution in [0.5, 0.6) is 0 Å². The van der Waals surface area contributed by atoms with Gasteiger partial charge in [0.15, 0.2) is 0 Å². The van der Waals surface area contributed by atoms with Gasteiger partial charge in [0.05, 0.1) is 0 Å². The number of carbonyl (C=O) groups is 6. The van der Waals surface area contributed by atoms with Gasteiger partial charge in [-0.15, -0.1) is 0 Å². The fourth-order valence-corrected chi connectivity index (χ4v) is 8.54. The van der Waals surface area contributed by atoms with Crippen molar-refractivity contribution in [2.24, 2.45) is 11.8 Å². The Bertz CT molecular complexity index is 2430. The third kappa shape index (κ3) is 10.8. The van der Waals surface area contributed by atoms with Gasteiger partial charge >= 0.3 is 0 Å². The van der Waals surface area contributed by atoms with Crippen LogP contribution >= 0.6 is 0 Å². The van der Waals surface area contributed by atoms with E-state index in [1.165, 1.54) is 0 Å². The normalized spacial score (nSPS) is 17.1. The number of anilines is 2. The third-order valence-corrected chi connectivity index (χ3v) is 11.6. The number of hydrogen-bond acceptors (Lipinski definition) is 6. The lowest BCUT2D eigenvalue weighted by molar-refractivity contribution is -0.140. The van der Waals surface area contributed by atoms with E-state index in [-0.39, 0.29) is 60.1 Å². The van der Waals surface area contributed by atoms with Crippen LogP contribution in [0.2, 0.25) is 0 Å². The van der Waals surface area contributed by atoms with Crippen LogP contribution in [-0.2, 0) is 28.8 Å². The van der Waals surface area contributed by atoms with E-state index in [0.29, 0.717) is 61.3 Å². The maximum absolute atomic E-state index is 14.0. The first-order chi connectivity index (χ1) is 30.3. The van der Waals surface area contributed by atoms with Crippen molar-refractivity contribution >= 4 is 57.7 Å². The molecule has 0 spiro atoms. The predicted molar refractivity (Wildman–Crippen MR) is 244 cm³/mol. The van der Waals surface area contributed by atoms with Gasteiger partial charge in [-0.2, -0.15) is 0 Å². The van der Waals surface area contributed by atoms with Gasteiger partial charge in [0.2, 0.25) is 35.4 Å². The molecule has 6 amide bonds. The summed E-state index contributed by atoms with van der Waals surface area (Å²) in [6, 6.07) is 30.1. The van der Waals surface area contributed by atoms with Gasteiger partial charge in [-0.25, -0.2) is 0 Å². The van der Waals surface area contributed by atoms with Crippen molar-refractivity contribution in [1.29, 1.82) is 0 Å².